The highest BCUT2D eigenvalue weighted by Gasteiger charge is 2.41. The molecule has 1 saturated heterocycles. The summed E-state index contributed by atoms with van der Waals surface area (Å²) >= 11 is 10.2. The van der Waals surface area contributed by atoms with E-state index in [2.05, 4.69) is 15.9 Å². The van der Waals surface area contributed by atoms with Crippen molar-refractivity contribution in [3.8, 4) is 11.5 Å². The van der Waals surface area contributed by atoms with Crippen LogP contribution in [0.3, 0.4) is 0 Å². The van der Waals surface area contributed by atoms with Crippen LogP contribution in [-0.2, 0) is 16.0 Å². The number of nitrogens with zero attached hydrogens (tertiary/aromatic N) is 2. The zero-order valence-corrected chi connectivity index (χ0v) is 21.7. The van der Waals surface area contributed by atoms with Crippen LogP contribution in [0.4, 0.5) is 5.69 Å². The number of carbonyl (C=O) groups excluding carboxylic acids is 2. The first kappa shape index (κ1) is 23.8. The van der Waals surface area contributed by atoms with Gasteiger partial charge < -0.3 is 14.4 Å². The maximum Gasteiger partial charge on any atom is 0.267 e. The van der Waals surface area contributed by atoms with E-state index >= 15 is 0 Å². The first-order valence-corrected chi connectivity index (χ1v) is 12.5. The first-order valence-electron chi connectivity index (χ1n) is 10.5. The number of anilines is 1. The van der Waals surface area contributed by atoms with Gasteiger partial charge in [0.25, 0.3) is 11.8 Å². The Balaban J connectivity index is 1.62. The van der Waals surface area contributed by atoms with Gasteiger partial charge in [-0.15, -0.1) is 0 Å². The van der Waals surface area contributed by atoms with E-state index in [9.17, 15) is 9.59 Å². The van der Waals surface area contributed by atoms with Gasteiger partial charge in [-0.2, -0.15) is 0 Å². The zero-order chi connectivity index (χ0) is 23.7. The Hall–Kier alpha value is -2.36. The predicted octanol–water partition coefficient (Wildman–Crippen LogP) is 5.04. The van der Waals surface area contributed by atoms with E-state index in [1.807, 2.05) is 43.3 Å². The Morgan fingerprint density at radius 2 is 1.73 bits per heavy atom. The Morgan fingerprint density at radius 1 is 0.970 bits per heavy atom. The topological polar surface area (TPSA) is 59.1 Å². The van der Waals surface area contributed by atoms with Gasteiger partial charge in [-0.25, -0.2) is 0 Å². The molecule has 2 aromatic rings. The number of amides is 2. The minimum Gasteiger partial charge on any atom is -0.493 e. The summed E-state index contributed by atoms with van der Waals surface area (Å²) in [5.74, 6) is 0.915. The fraction of sp³-hybridized carbons (Fsp3) is 0.292. The van der Waals surface area contributed by atoms with Gasteiger partial charge in [0.15, 0.2) is 11.5 Å². The van der Waals surface area contributed by atoms with E-state index in [-0.39, 0.29) is 11.8 Å². The van der Waals surface area contributed by atoms with E-state index in [4.69, 9.17) is 21.7 Å². The molecule has 1 fully saturated rings. The average molecular weight is 547 g/mol. The van der Waals surface area contributed by atoms with Crippen LogP contribution in [0, 0.1) is 0 Å². The van der Waals surface area contributed by atoms with Crippen molar-refractivity contribution in [1.29, 1.82) is 0 Å². The van der Waals surface area contributed by atoms with Gasteiger partial charge in [0.05, 0.1) is 30.4 Å². The van der Waals surface area contributed by atoms with Crippen molar-refractivity contribution >= 4 is 67.3 Å². The molecule has 33 heavy (non-hydrogen) atoms. The third-order valence-electron chi connectivity index (χ3n) is 5.57. The van der Waals surface area contributed by atoms with E-state index in [0.29, 0.717) is 45.8 Å². The number of fused-ring (bicyclic) bond motifs is 1. The second-order valence-electron chi connectivity index (χ2n) is 7.59. The van der Waals surface area contributed by atoms with Crippen molar-refractivity contribution in [2.24, 2.45) is 0 Å². The lowest BCUT2D eigenvalue weighted by molar-refractivity contribution is -0.122. The molecule has 0 aromatic heterocycles. The fourth-order valence-electron chi connectivity index (χ4n) is 3.99. The zero-order valence-electron chi connectivity index (χ0n) is 18.5. The number of rotatable bonds is 7. The number of thiocarbonyl (C=S) groups is 1. The second kappa shape index (κ2) is 9.87. The third-order valence-corrected chi connectivity index (χ3v) is 7.51. The Labute approximate surface area is 211 Å². The second-order valence-corrected chi connectivity index (χ2v) is 10.1. The molecule has 0 bridgehead atoms. The minimum atomic E-state index is -0.224. The lowest BCUT2D eigenvalue weighted by Crippen LogP contribution is -2.31. The number of ether oxygens (including phenoxy) is 2. The molecule has 6 nitrogen and oxygen atoms in total. The number of hydrogen-bond donors (Lipinski definition) is 0. The van der Waals surface area contributed by atoms with Crippen LogP contribution >= 0.6 is 39.9 Å². The summed E-state index contributed by atoms with van der Waals surface area (Å²) in [6.07, 6.45) is 1.41. The number of methoxy groups -OCH3 is 2. The number of benzene rings is 2. The maximum absolute atomic E-state index is 13.4. The molecule has 2 amide bonds. The highest BCUT2D eigenvalue weighted by molar-refractivity contribution is 9.10. The molecule has 0 atom stereocenters. The molecule has 2 aromatic carbocycles. The molecule has 172 valence electrons. The first-order chi connectivity index (χ1) is 15.9. The van der Waals surface area contributed by atoms with Gasteiger partial charge in [0, 0.05) is 23.1 Å². The summed E-state index contributed by atoms with van der Waals surface area (Å²) in [5, 5.41) is 0. The SMILES string of the molecule is CCCN1C(=O)/C(=C2/SC(=S)N(CCc3ccc(OC)c(OC)c3)C2=O)c2cc(Br)ccc21. The van der Waals surface area contributed by atoms with Gasteiger partial charge in [0.2, 0.25) is 0 Å². The van der Waals surface area contributed by atoms with Gasteiger partial charge in [-0.05, 0) is 48.7 Å². The number of halogens is 1. The summed E-state index contributed by atoms with van der Waals surface area (Å²) < 4.78 is 12.0. The third kappa shape index (κ3) is 4.41. The monoisotopic (exact) mass is 546 g/mol. The van der Waals surface area contributed by atoms with Crippen molar-refractivity contribution in [2.45, 2.75) is 19.8 Å². The molecule has 4 rings (SSSR count). The predicted molar refractivity (Wildman–Crippen MR) is 139 cm³/mol. The van der Waals surface area contributed by atoms with Crippen LogP contribution in [0.25, 0.3) is 5.57 Å². The Kier molecular flexibility index (Phi) is 7.11. The Bertz CT molecular complexity index is 1180. The van der Waals surface area contributed by atoms with E-state index in [1.165, 1.54) is 11.8 Å². The van der Waals surface area contributed by atoms with Crippen LogP contribution in [0.1, 0.15) is 24.5 Å². The molecule has 0 N–H and O–H groups in total. The lowest BCUT2D eigenvalue weighted by Gasteiger charge is -2.16. The highest BCUT2D eigenvalue weighted by atomic mass is 79.9. The van der Waals surface area contributed by atoms with Crippen molar-refractivity contribution in [3.63, 3.8) is 0 Å². The maximum atomic E-state index is 13.4. The van der Waals surface area contributed by atoms with Crippen molar-refractivity contribution in [3.05, 3.63) is 56.9 Å². The normalized spacial score (nSPS) is 17.8. The molecule has 9 heteroatoms. The number of hydrogen-bond acceptors (Lipinski definition) is 6. The highest BCUT2D eigenvalue weighted by Crippen LogP contribution is 2.45. The minimum absolute atomic E-state index is 0.148. The molecular formula is C24H23BrN2O4S2. The van der Waals surface area contributed by atoms with Gasteiger partial charge >= 0.3 is 0 Å². The molecular weight excluding hydrogens is 524 g/mol. The van der Waals surface area contributed by atoms with Crippen molar-refractivity contribution in [1.82, 2.24) is 4.90 Å². The molecule has 0 spiro atoms. The van der Waals surface area contributed by atoms with Crippen LogP contribution in [0.5, 0.6) is 11.5 Å². The van der Waals surface area contributed by atoms with Gasteiger partial charge in [0.1, 0.15) is 4.32 Å². The van der Waals surface area contributed by atoms with Crippen LogP contribution in [0.2, 0.25) is 0 Å². The molecule has 0 unspecified atom stereocenters. The van der Waals surface area contributed by atoms with E-state index in [1.54, 1.807) is 24.0 Å². The summed E-state index contributed by atoms with van der Waals surface area (Å²) in [5.41, 5.74) is 3.03. The quantitative estimate of drug-likeness (QED) is 0.358. The summed E-state index contributed by atoms with van der Waals surface area (Å²) in [6, 6.07) is 11.4. The number of carbonyl (C=O) groups is 2. The van der Waals surface area contributed by atoms with Gasteiger partial charge in [-0.3, -0.25) is 14.5 Å². The smallest absolute Gasteiger partial charge is 0.267 e. The summed E-state index contributed by atoms with van der Waals surface area (Å²) in [7, 11) is 3.18. The summed E-state index contributed by atoms with van der Waals surface area (Å²) in [6.45, 7) is 3.03. The number of thioether (sulfide) groups is 1. The van der Waals surface area contributed by atoms with Gasteiger partial charge in [-0.1, -0.05) is 52.9 Å². The molecule has 0 radical (unpaired) electrons. The molecule has 2 aliphatic rings. The molecule has 0 saturated carbocycles. The van der Waals surface area contributed by atoms with Crippen LogP contribution < -0.4 is 14.4 Å². The van der Waals surface area contributed by atoms with Crippen LogP contribution in [-0.4, -0.2) is 48.3 Å². The standard InChI is InChI=1S/C24H23BrN2O4S2/c1-4-10-26-17-7-6-15(25)13-16(17)20(22(26)28)21-23(29)27(24(32)33-21)11-9-14-5-8-18(30-2)19(12-14)31-3/h5-8,12-13H,4,9-11H2,1-3H3/b21-20+. The molecule has 2 aliphatic heterocycles. The average Bonchev–Trinajstić information content (AvgIpc) is 3.23. The fourth-order valence-corrected chi connectivity index (χ4v) is 5.73. The van der Waals surface area contributed by atoms with Crippen LogP contribution in [0.15, 0.2) is 45.8 Å². The molecule has 2 heterocycles. The van der Waals surface area contributed by atoms with E-state index in [0.717, 1.165) is 27.7 Å². The Morgan fingerprint density at radius 3 is 2.42 bits per heavy atom. The largest absolute Gasteiger partial charge is 0.493 e. The van der Waals surface area contributed by atoms with Crippen molar-refractivity contribution in [2.75, 3.05) is 32.2 Å². The van der Waals surface area contributed by atoms with Crippen molar-refractivity contribution < 1.29 is 19.1 Å². The lowest BCUT2D eigenvalue weighted by atomic mass is 10.1. The van der Waals surface area contributed by atoms with E-state index < -0.39 is 0 Å². The molecule has 0 aliphatic carbocycles. The summed E-state index contributed by atoms with van der Waals surface area (Å²) in [4.78, 5) is 30.4.